The van der Waals surface area contributed by atoms with Crippen LogP contribution in [0.2, 0.25) is 0 Å². The lowest BCUT2D eigenvalue weighted by atomic mass is 9.68. The van der Waals surface area contributed by atoms with Gasteiger partial charge in [0.2, 0.25) is 0 Å². The quantitative estimate of drug-likeness (QED) is 0.739. The average molecular weight is 329 g/mol. The van der Waals surface area contributed by atoms with E-state index in [2.05, 4.69) is 48.8 Å². The minimum atomic E-state index is 0.244. The molecule has 1 saturated carbocycles. The van der Waals surface area contributed by atoms with Crippen LogP contribution in [0.1, 0.15) is 44.9 Å². The van der Waals surface area contributed by atoms with Gasteiger partial charge in [-0.2, -0.15) is 0 Å². The first-order chi connectivity index (χ1) is 8.36. The van der Waals surface area contributed by atoms with E-state index >= 15 is 0 Å². The Morgan fingerprint density at radius 2 is 2.11 bits per heavy atom. The van der Waals surface area contributed by atoms with Crippen LogP contribution >= 0.6 is 27.3 Å². The van der Waals surface area contributed by atoms with E-state index < -0.39 is 0 Å². The second kappa shape index (κ2) is 5.46. The van der Waals surface area contributed by atoms with Crippen LogP contribution in [0.25, 0.3) is 0 Å². The molecule has 0 aromatic carbocycles. The average Bonchev–Trinajstić information content (AvgIpc) is 2.66. The topological polar surface area (TPSA) is 17.1 Å². The van der Waals surface area contributed by atoms with Gasteiger partial charge in [-0.25, -0.2) is 0 Å². The first kappa shape index (κ1) is 14.3. The molecule has 0 N–H and O–H groups in total. The number of hydrogen-bond acceptors (Lipinski definition) is 2. The lowest BCUT2D eigenvalue weighted by Crippen LogP contribution is -2.32. The summed E-state index contributed by atoms with van der Waals surface area (Å²) in [5.74, 6) is 1.40. The highest BCUT2D eigenvalue weighted by atomic mass is 79.9. The van der Waals surface area contributed by atoms with Crippen LogP contribution in [0, 0.1) is 17.3 Å². The Hall–Kier alpha value is -0.150. The smallest absolute Gasteiger partial charge is 0.136 e. The predicted octanol–water partition coefficient (Wildman–Crippen LogP) is 5.08. The lowest BCUT2D eigenvalue weighted by molar-refractivity contribution is -0.126. The van der Waals surface area contributed by atoms with Gasteiger partial charge in [-0.3, -0.25) is 4.79 Å². The molecule has 1 aliphatic rings. The third-order valence-corrected chi connectivity index (χ3v) is 5.71. The number of carbonyl (C=O) groups excluding carboxylic acids is 1. The maximum Gasteiger partial charge on any atom is 0.136 e. The summed E-state index contributed by atoms with van der Waals surface area (Å²) >= 11 is 5.25. The first-order valence-corrected chi connectivity index (χ1v) is 8.24. The second-order valence-corrected chi connectivity index (χ2v) is 8.96. The molecule has 2 unspecified atom stereocenters. The zero-order valence-corrected chi connectivity index (χ0v) is 13.7. The van der Waals surface area contributed by atoms with Crippen molar-refractivity contribution < 1.29 is 4.79 Å². The maximum absolute atomic E-state index is 12.1. The highest BCUT2D eigenvalue weighted by Crippen LogP contribution is 2.40. The number of Topliss-reactive ketones (excluding diaryl/α,β-unsaturated/α-hetero) is 1. The van der Waals surface area contributed by atoms with E-state index in [4.69, 9.17) is 0 Å². The molecule has 0 saturated heterocycles. The third-order valence-electron chi connectivity index (χ3n) is 4.06. The lowest BCUT2D eigenvalue weighted by Gasteiger charge is -2.36. The molecule has 0 aliphatic heterocycles. The molecule has 100 valence electrons. The molecular formula is C15H21BrOS. The van der Waals surface area contributed by atoms with Crippen molar-refractivity contribution in [2.24, 2.45) is 17.3 Å². The van der Waals surface area contributed by atoms with Crippen molar-refractivity contribution in [2.75, 3.05) is 0 Å². The molecule has 2 atom stereocenters. The molecule has 18 heavy (non-hydrogen) atoms. The summed E-state index contributed by atoms with van der Waals surface area (Å²) in [7, 11) is 0. The van der Waals surface area contributed by atoms with Crippen molar-refractivity contribution in [1.29, 1.82) is 0 Å². The molecular weight excluding hydrogens is 308 g/mol. The summed E-state index contributed by atoms with van der Waals surface area (Å²) in [4.78, 5) is 13.4. The Bertz CT molecular complexity index is 430. The number of ketones is 1. The predicted molar refractivity (Wildman–Crippen MR) is 81.0 cm³/mol. The van der Waals surface area contributed by atoms with E-state index in [-0.39, 0.29) is 5.92 Å². The molecule has 2 rings (SSSR count). The normalized spacial score (nSPS) is 25.4. The van der Waals surface area contributed by atoms with Gasteiger partial charge < -0.3 is 0 Å². The SMILES string of the molecule is CC(C)(C)C1CCC(=O)C(Cc2ccc(Br)s2)C1. The van der Waals surface area contributed by atoms with Crippen molar-refractivity contribution in [1.82, 2.24) is 0 Å². The molecule has 1 fully saturated rings. The van der Waals surface area contributed by atoms with Crippen LogP contribution in [-0.2, 0) is 11.2 Å². The molecule has 0 bridgehead atoms. The highest BCUT2D eigenvalue weighted by Gasteiger charge is 2.34. The molecule has 0 radical (unpaired) electrons. The molecule has 0 spiro atoms. The monoisotopic (exact) mass is 328 g/mol. The Balaban J connectivity index is 2.04. The Morgan fingerprint density at radius 1 is 1.39 bits per heavy atom. The summed E-state index contributed by atoms with van der Waals surface area (Å²) in [6.45, 7) is 6.89. The van der Waals surface area contributed by atoms with E-state index in [9.17, 15) is 4.79 Å². The Labute approximate surface area is 122 Å². The van der Waals surface area contributed by atoms with E-state index in [0.717, 1.165) is 29.5 Å². The van der Waals surface area contributed by atoms with E-state index in [1.165, 1.54) is 4.88 Å². The van der Waals surface area contributed by atoms with Crippen LogP contribution in [-0.4, -0.2) is 5.78 Å². The van der Waals surface area contributed by atoms with E-state index in [0.29, 0.717) is 17.1 Å². The van der Waals surface area contributed by atoms with Gasteiger partial charge in [0.15, 0.2) is 0 Å². The number of halogens is 1. The zero-order chi connectivity index (χ0) is 13.3. The van der Waals surface area contributed by atoms with Gasteiger partial charge in [0.05, 0.1) is 3.79 Å². The summed E-state index contributed by atoms with van der Waals surface area (Å²) < 4.78 is 1.16. The molecule has 1 nitrogen and oxygen atoms in total. The molecule has 3 heteroatoms. The summed E-state index contributed by atoms with van der Waals surface area (Å²) in [5.41, 5.74) is 0.328. The van der Waals surface area contributed by atoms with Gasteiger partial charge in [-0.05, 0) is 58.7 Å². The maximum atomic E-state index is 12.1. The van der Waals surface area contributed by atoms with Crippen LogP contribution in [0.3, 0.4) is 0 Å². The number of hydrogen-bond donors (Lipinski definition) is 0. The summed E-state index contributed by atoms with van der Waals surface area (Å²) in [6, 6.07) is 4.22. The van der Waals surface area contributed by atoms with Gasteiger partial charge in [-0.1, -0.05) is 20.8 Å². The van der Waals surface area contributed by atoms with Crippen molar-refractivity contribution in [3.8, 4) is 0 Å². The molecule has 1 aliphatic carbocycles. The van der Waals surface area contributed by atoms with Crippen molar-refractivity contribution in [3.63, 3.8) is 0 Å². The van der Waals surface area contributed by atoms with Crippen molar-refractivity contribution in [3.05, 3.63) is 20.8 Å². The Morgan fingerprint density at radius 3 is 2.67 bits per heavy atom. The van der Waals surface area contributed by atoms with Crippen molar-refractivity contribution in [2.45, 2.75) is 46.5 Å². The number of carbonyl (C=O) groups is 1. The summed E-state index contributed by atoms with van der Waals surface area (Å²) in [5, 5.41) is 0. The Kier molecular flexibility index (Phi) is 4.32. The molecule has 0 amide bonds. The third kappa shape index (κ3) is 3.45. The van der Waals surface area contributed by atoms with Gasteiger partial charge in [0, 0.05) is 17.2 Å². The fourth-order valence-corrected chi connectivity index (χ4v) is 4.36. The fraction of sp³-hybridized carbons (Fsp3) is 0.667. The first-order valence-electron chi connectivity index (χ1n) is 6.63. The van der Waals surface area contributed by atoms with Gasteiger partial charge in [-0.15, -0.1) is 11.3 Å². The minimum absolute atomic E-state index is 0.244. The summed E-state index contributed by atoms with van der Waals surface area (Å²) in [6.07, 6.45) is 3.85. The van der Waals surface area contributed by atoms with Crippen LogP contribution in [0.4, 0.5) is 0 Å². The van der Waals surface area contributed by atoms with Crippen LogP contribution < -0.4 is 0 Å². The van der Waals surface area contributed by atoms with Crippen LogP contribution in [0.5, 0.6) is 0 Å². The largest absolute Gasteiger partial charge is 0.299 e. The minimum Gasteiger partial charge on any atom is -0.299 e. The molecule has 1 aromatic heterocycles. The van der Waals surface area contributed by atoms with E-state index in [1.54, 1.807) is 11.3 Å². The standard InChI is InChI=1S/C15H21BrOS/c1-15(2,3)11-4-6-13(17)10(8-11)9-12-5-7-14(16)18-12/h5,7,10-11H,4,6,8-9H2,1-3H3. The second-order valence-electron chi connectivity index (χ2n) is 6.41. The van der Waals surface area contributed by atoms with Gasteiger partial charge in [0.25, 0.3) is 0 Å². The number of rotatable bonds is 2. The number of thiophene rings is 1. The highest BCUT2D eigenvalue weighted by molar-refractivity contribution is 9.11. The van der Waals surface area contributed by atoms with Crippen LogP contribution in [0.15, 0.2) is 15.9 Å². The molecule has 1 aromatic rings. The fourth-order valence-electron chi connectivity index (χ4n) is 2.80. The van der Waals surface area contributed by atoms with Gasteiger partial charge in [0.1, 0.15) is 5.78 Å². The van der Waals surface area contributed by atoms with Gasteiger partial charge >= 0.3 is 0 Å². The van der Waals surface area contributed by atoms with Crippen molar-refractivity contribution >= 4 is 33.0 Å². The zero-order valence-electron chi connectivity index (χ0n) is 11.3. The molecule has 1 heterocycles. The van der Waals surface area contributed by atoms with E-state index in [1.807, 2.05) is 0 Å².